The SMILES string of the molecule is CC1(c2ccc3[nH]c(=O)ccc3c2)OCCO1. The van der Waals surface area contributed by atoms with Gasteiger partial charge in [0.15, 0.2) is 5.79 Å². The smallest absolute Gasteiger partial charge is 0.248 e. The minimum Gasteiger partial charge on any atom is -0.344 e. The molecule has 0 amide bonds. The predicted molar refractivity (Wildman–Crippen MR) is 63.8 cm³/mol. The zero-order valence-corrected chi connectivity index (χ0v) is 9.53. The summed E-state index contributed by atoms with van der Waals surface area (Å²) in [6, 6.07) is 9.10. The third kappa shape index (κ3) is 1.75. The maximum absolute atomic E-state index is 11.2. The van der Waals surface area contributed by atoms with E-state index in [9.17, 15) is 4.79 Å². The Balaban J connectivity index is 2.13. The summed E-state index contributed by atoms with van der Waals surface area (Å²) in [5.41, 5.74) is 1.70. The molecule has 1 aromatic carbocycles. The number of H-pyrrole nitrogens is 1. The largest absolute Gasteiger partial charge is 0.344 e. The van der Waals surface area contributed by atoms with Crippen LogP contribution in [0.3, 0.4) is 0 Å². The first kappa shape index (κ1) is 10.5. The summed E-state index contributed by atoms with van der Waals surface area (Å²) in [6.45, 7) is 3.13. The van der Waals surface area contributed by atoms with E-state index in [2.05, 4.69) is 4.98 Å². The predicted octanol–water partition coefficient (Wildman–Crippen LogP) is 1.75. The van der Waals surface area contributed by atoms with Crippen LogP contribution in [0.25, 0.3) is 10.9 Å². The second-order valence-corrected chi connectivity index (χ2v) is 4.27. The first-order valence-electron chi connectivity index (χ1n) is 5.59. The highest BCUT2D eigenvalue weighted by Gasteiger charge is 2.33. The van der Waals surface area contributed by atoms with Gasteiger partial charge in [0, 0.05) is 17.1 Å². The number of pyridine rings is 1. The van der Waals surface area contributed by atoms with Crippen molar-refractivity contribution in [2.75, 3.05) is 13.2 Å². The maximum Gasteiger partial charge on any atom is 0.248 e. The Morgan fingerprint density at radius 2 is 1.94 bits per heavy atom. The molecule has 1 saturated heterocycles. The van der Waals surface area contributed by atoms with E-state index in [1.165, 1.54) is 6.07 Å². The Morgan fingerprint density at radius 3 is 2.71 bits per heavy atom. The number of aromatic nitrogens is 1. The Bertz CT molecular complexity index is 611. The molecule has 1 fully saturated rings. The molecule has 1 aliphatic heterocycles. The van der Waals surface area contributed by atoms with E-state index in [4.69, 9.17) is 9.47 Å². The Hall–Kier alpha value is -1.65. The van der Waals surface area contributed by atoms with Crippen LogP contribution in [0.15, 0.2) is 35.1 Å². The average Bonchev–Trinajstić information content (AvgIpc) is 2.77. The molecule has 0 radical (unpaired) electrons. The lowest BCUT2D eigenvalue weighted by atomic mass is 10.0. The van der Waals surface area contributed by atoms with E-state index >= 15 is 0 Å². The molecule has 4 nitrogen and oxygen atoms in total. The quantitative estimate of drug-likeness (QED) is 0.813. The van der Waals surface area contributed by atoms with Crippen molar-refractivity contribution in [1.29, 1.82) is 0 Å². The number of hydrogen-bond donors (Lipinski definition) is 1. The van der Waals surface area contributed by atoms with E-state index < -0.39 is 5.79 Å². The number of hydrogen-bond acceptors (Lipinski definition) is 3. The summed E-state index contributed by atoms with van der Waals surface area (Å²) >= 11 is 0. The molecule has 0 unspecified atom stereocenters. The molecule has 4 heteroatoms. The molecule has 1 N–H and O–H groups in total. The third-order valence-corrected chi connectivity index (χ3v) is 3.09. The molecule has 0 aliphatic carbocycles. The molecule has 0 atom stereocenters. The second kappa shape index (κ2) is 3.68. The molecule has 0 saturated carbocycles. The third-order valence-electron chi connectivity index (χ3n) is 3.09. The van der Waals surface area contributed by atoms with E-state index in [0.29, 0.717) is 13.2 Å². The molecule has 2 heterocycles. The van der Waals surface area contributed by atoms with Gasteiger partial charge >= 0.3 is 0 Å². The van der Waals surface area contributed by atoms with Crippen molar-refractivity contribution < 1.29 is 9.47 Å². The number of ether oxygens (including phenoxy) is 2. The van der Waals surface area contributed by atoms with Crippen LogP contribution in [-0.4, -0.2) is 18.2 Å². The average molecular weight is 231 g/mol. The minimum atomic E-state index is -0.662. The number of fused-ring (bicyclic) bond motifs is 1. The summed E-state index contributed by atoms with van der Waals surface area (Å²) in [7, 11) is 0. The maximum atomic E-state index is 11.2. The van der Waals surface area contributed by atoms with Gasteiger partial charge in [-0.15, -0.1) is 0 Å². The highest BCUT2D eigenvalue weighted by molar-refractivity contribution is 5.79. The van der Waals surface area contributed by atoms with Crippen molar-refractivity contribution in [3.63, 3.8) is 0 Å². The number of rotatable bonds is 1. The van der Waals surface area contributed by atoms with Crippen molar-refractivity contribution in [2.24, 2.45) is 0 Å². The molecule has 2 aromatic rings. The van der Waals surface area contributed by atoms with Gasteiger partial charge in [-0.3, -0.25) is 4.79 Å². The Labute approximate surface area is 98.2 Å². The number of aromatic amines is 1. The van der Waals surface area contributed by atoms with Crippen LogP contribution in [0, 0.1) is 0 Å². The number of benzene rings is 1. The Kier molecular flexibility index (Phi) is 2.28. The standard InChI is InChI=1S/C13H13NO3/c1-13(16-6-7-17-13)10-3-4-11-9(8-10)2-5-12(15)14-11/h2-5,8H,6-7H2,1H3,(H,14,15). The molecule has 0 bridgehead atoms. The van der Waals surface area contributed by atoms with Crippen LogP contribution < -0.4 is 5.56 Å². The van der Waals surface area contributed by atoms with Gasteiger partial charge in [0.2, 0.25) is 5.56 Å². The first-order valence-corrected chi connectivity index (χ1v) is 5.59. The molecule has 1 aromatic heterocycles. The fraction of sp³-hybridized carbons (Fsp3) is 0.308. The first-order chi connectivity index (χ1) is 8.17. The van der Waals surface area contributed by atoms with E-state index in [0.717, 1.165) is 16.5 Å². The lowest BCUT2D eigenvalue weighted by Gasteiger charge is -2.22. The monoisotopic (exact) mass is 231 g/mol. The summed E-state index contributed by atoms with van der Waals surface area (Å²) < 4.78 is 11.2. The number of nitrogens with one attached hydrogen (secondary N) is 1. The summed E-state index contributed by atoms with van der Waals surface area (Å²) in [6.07, 6.45) is 0. The normalized spacial score (nSPS) is 18.6. The topological polar surface area (TPSA) is 51.3 Å². The van der Waals surface area contributed by atoms with Gasteiger partial charge in [0.1, 0.15) is 0 Å². The van der Waals surface area contributed by atoms with E-state index in [-0.39, 0.29) is 5.56 Å². The fourth-order valence-electron chi connectivity index (χ4n) is 2.12. The molecular formula is C13H13NO3. The lowest BCUT2D eigenvalue weighted by molar-refractivity contribution is -0.149. The minimum absolute atomic E-state index is 0.0928. The van der Waals surface area contributed by atoms with Crippen LogP contribution in [0.2, 0.25) is 0 Å². The van der Waals surface area contributed by atoms with Crippen LogP contribution >= 0.6 is 0 Å². The second-order valence-electron chi connectivity index (χ2n) is 4.27. The molecular weight excluding hydrogens is 218 g/mol. The van der Waals surface area contributed by atoms with Crippen molar-refractivity contribution in [2.45, 2.75) is 12.7 Å². The van der Waals surface area contributed by atoms with Crippen LogP contribution in [-0.2, 0) is 15.3 Å². The summed E-state index contributed by atoms with van der Waals surface area (Å²) in [4.78, 5) is 14.0. The molecule has 0 spiro atoms. The lowest BCUT2D eigenvalue weighted by Crippen LogP contribution is -2.22. The van der Waals surface area contributed by atoms with Gasteiger partial charge in [0.05, 0.1) is 13.2 Å². The molecule has 1 aliphatic rings. The van der Waals surface area contributed by atoms with Gasteiger partial charge in [-0.25, -0.2) is 0 Å². The van der Waals surface area contributed by atoms with Crippen LogP contribution in [0.4, 0.5) is 0 Å². The van der Waals surface area contributed by atoms with Gasteiger partial charge in [0.25, 0.3) is 0 Å². The van der Waals surface area contributed by atoms with Crippen molar-refractivity contribution >= 4 is 10.9 Å². The summed E-state index contributed by atoms with van der Waals surface area (Å²) in [5.74, 6) is -0.662. The highest BCUT2D eigenvalue weighted by Crippen LogP contribution is 2.31. The molecule has 88 valence electrons. The van der Waals surface area contributed by atoms with E-state index in [1.807, 2.05) is 25.1 Å². The van der Waals surface area contributed by atoms with Crippen molar-refractivity contribution in [3.05, 3.63) is 46.2 Å². The zero-order valence-electron chi connectivity index (χ0n) is 9.53. The van der Waals surface area contributed by atoms with Crippen LogP contribution in [0.1, 0.15) is 12.5 Å². The Morgan fingerprint density at radius 1 is 1.18 bits per heavy atom. The molecule has 3 rings (SSSR count). The zero-order chi connectivity index (χ0) is 11.9. The molecule has 17 heavy (non-hydrogen) atoms. The van der Waals surface area contributed by atoms with Crippen molar-refractivity contribution in [1.82, 2.24) is 4.98 Å². The van der Waals surface area contributed by atoms with Crippen molar-refractivity contribution in [3.8, 4) is 0 Å². The van der Waals surface area contributed by atoms with Gasteiger partial charge in [-0.05, 0) is 30.5 Å². The summed E-state index contributed by atoms with van der Waals surface area (Å²) in [5, 5.41) is 0.974. The van der Waals surface area contributed by atoms with Crippen LogP contribution in [0.5, 0.6) is 0 Å². The van der Waals surface area contributed by atoms with Gasteiger partial charge in [-0.2, -0.15) is 0 Å². The fourth-order valence-corrected chi connectivity index (χ4v) is 2.12. The van der Waals surface area contributed by atoms with E-state index in [1.54, 1.807) is 6.07 Å². The van der Waals surface area contributed by atoms with Gasteiger partial charge in [-0.1, -0.05) is 6.07 Å². The van der Waals surface area contributed by atoms with Gasteiger partial charge < -0.3 is 14.5 Å². The highest BCUT2D eigenvalue weighted by atomic mass is 16.7.